The van der Waals surface area contributed by atoms with E-state index in [1.165, 1.54) is 19.2 Å². The van der Waals surface area contributed by atoms with Crippen LogP contribution in [-0.2, 0) is 35.5 Å². The Balaban J connectivity index is 1.18. The number of Topliss-reactive ketones (excluding diaryl/α,β-unsaturated/α-hetero) is 1. The molecule has 18 nitrogen and oxygen atoms in total. The molecule has 47 heavy (non-hydrogen) atoms. The number of thiazole rings is 1. The molecule has 4 aromatic rings. The molecule has 0 radical (unpaired) electrons. The van der Waals surface area contributed by atoms with Crippen molar-refractivity contribution in [3.63, 3.8) is 0 Å². The fourth-order valence-corrected chi connectivity index (χ4v) is 6.17. The number of hydroxylamine groups is 2. The van der Waals surface area contributed by atoms with E-state index in [0.717, 1.165) is 47.4 Å². The highest BCUT2D eigenvalue weighted by Gasteiger charge is 2.57. The Hall–Kier alpha value is -4.63. The van der Waals surface area contributed by atoms with Crippen LogP contribution in [0.15, 0.2) is 40.9 Å². The summed E-state index contributed by atoms with van der Waals surface area (Å²) in [5.41, 5.74) is 6.25. The summed E-state index contributed by atoms with van der Waals surface area (Å²) in [6, 6.07) is 9.48. The van der Waals surface area contributed by atoms with Crippen LogP contribution in [0.4, 0.5) is 5.13 Å². The van der Waals surface area contributed by atoms with Crippen LogP contribution >= 0.6 is 11.3 Å². The third-order valence-electron chi connectivity index (χ3n) is 7.87. The molecule has 0 saturated carbocycles. The van der Waals surface area contributed by atoms with Crippen LogP contribution in [0.1, 0.15) is 43.6 Å². The monoisotopic (exact) mass is 686 g/mol. The second-order valence-corrected chi connectivity index (χ2v) is 13.4. The van der Waals surface area contributed by atoms with Gasteiger partial charge in [-0.15, -0.1) is 25.8 Å². The number of nitrogens with zero attached hydrogens (tertiary/aromatic N) is 7. The number of benzene rings is 1. The molecule has 2 atom stereocenters. The summed E-state index contributed by atoms with van der Waals surface area (Å²) in [5, 5.41) is 24.2. The van der Waals surface area contributed by atoms with Crippen LogP contribution in [0.25, 0.3) is 10.9 Å². The van der Waals surface area contributed by atoms with E-state index in [4.69, 9.17) is 24.8 Å². The van der Waals surface area contributed by atoms with Crippen LogP contribution in [0.5, 0.6) is 5.75 Å². The number of hydrogen-bond donors (Lipinski definition) is 4. The largest absolute Gasteiger partial charge is 0.489 e. The van der Waals surface area contributed by atoms with Crippen molar-refractivity contribution in [3.8, 4) is 5.75 Å². The van der Waals surface area contributed by atoms with Gasteiger partial charge < -0.3 is 20.6 Å². The molecule has 6 rings (SSSR count). The van der Waals surface area contributed by atoms with Gasteiger partial charge in [-0.25, -0.2) is 4.98 Å². The highest BCUT2D eigenvalue weighted by Crippen LogP contribution is 2.40. The number of nitrogens with one attached hydrogen (secondary N) is 2. The average Bonchev–Trinajstić information content (AvgIpc) is 3.70. The van der Waals surface area contributed by atoms with Crippen LogP contribution in [0.2, 0.25) is 0 Å². The molecule has 5 N–H and O–H groups in total. The third kappa shape index (κ3) is 7.20. The standard InChI is InChI=1S/C27H30N10O8S2/c1-27(2)18(25(39)37(27)45-47(40,41)42)9-21(38)23(20-13-46-26(28)31-20)34-44-22(24-32-35-36-33-24)12-43-17-5-6-19-15(8-17)3-4-16(30-19)7-14-10-29-11-14/h3-6,8,13-14,18,22,29H,7,9-12H2,1-2H3,(H2,28,31)(H,40,41,42)(H,32,33,35,36)/b34-23-/t18?,22-/m0/s1. The van der Waals surface area contributed by atoms with Crippen molar-refractivity contribution in [2.24, 2.45) is 17.0 Å². The van der Waals surface area contributed by atoms with E-state index in [9.17, 15) is 18.0 Å². The lowest BCUT2D eigenvalue weighted by atomic mass is 9.74. The maximum absolute atomic E-state index is 13.5. The average molecular weight is 687 g/mol. The molecule has 5 heterocycles. The Labute approximate surface area is 271 Å². The number of H-pyrrole nitrogens is 1. The van der Waals surface area contributed by atoms with Crippen LogP contribution in [0.3, 0.4) is 0 Å². The number of ether oxygens (including phenoxy) is 1. The van der Waals surface area contributed by atoms with Gasteiger partial charge in [0.25, 0.3) is 5.91 Å². The lowest BCUT2D eigenvalue weighted by molar-refractivity contribution is -0.228. The Kier molecular flexibility index (Phi) is 8.85. The van der Waals surface area contributed by atoms with Gasteiger partial charge in [0.15, 0.2) is 16.6 Å². The number of nitrogens with two attached hydrogens (primary N) is 1. The number of oxime groups is 1. The molecule has 2 aliphatic heterocycles. The van der Waals surface area contributed by atoms with Crippen molar-refractivity contribution in [2.75, 3.05) is 25.4 Å². The molecule has 1 amide bonds. The first-order valence-corrected chi connectivity index (χ1v) is 16.6. The highest BCUT2D eigenvalue weighted by molar-refractivity contribution is 7.80. The van der Waals surface area contributed by atoms with Gasteiger partial charge in [0, 0.05) is 22.9 Å². The number of carbonyl (C=O) groups is 2. The van der Waals surface area contributed by atoms with Crippen molar-refractivity contribution in [1.82, 2.24) is 41.0 Å². The number of aromatic amines is 1. The van der Waals surface area contributed by atoms with E-state index in [0.29, 0.717) is 16.7 Å². The van der Waals surface area contributed by atoms with Gasteiger partial charge in [-0.3, -0.25) is 19.1 Å². The normalized spacial score (nSPS) is 18.9. The molecule has 2 fully saturated rings. The predicted octanol–water partition coefficient (Wildman–Crippen LogP) is 1.02. The first kappa shape index (κ1) is 32.3. The number of ketones is 1. The lowest BCUT2D eigenvalue weighted by Gasteiger charge is -2.50. The van der Waals surface area contributed by atoms with Crippen molar-refractivity contribution in [1.29, 1.82) is 0 Å². The highest BCUT2D eigenvalue weighted by atomic mass is 32.3. The Bertz CT molecular complexity index is 1930. The first-order valence-electron chi connectivity index (χ1n) is 14.3. The predicted molar refractivity (Wildman–Crippen MR) is 165 cm³/mol. The topological polar surface area (TPSA) is 250 Å². The smallest absolute Gasteiger partial charge is 0.418 e. The molecule has 20 heteroatoms. The van der Waals surface area contributed by atoms with Crippen molar-refractivity contribution >= 4 is 55.2 Å². The van der Waals surface area contributed by atoms with E-state index in [2.05, 4.69) is 40.4 Å². The fourth-order valence-electron chi connectivity index (χ4n) is 5.17. The number of amides is 1. The molecular weight excluding hydrogens is 656 g/mol. The maximum atomic E-state index is 13.5. The minimum absolute atomic E-state index is 0.0872. The molecule has 0 spiro atoms. The van der Waals surface area contributed by atoms with Crippen molar-refractivity contribution in [2.45, 2.75) is 38.3 Å². The number of tetrazole rings is 1. The van der Waals surface area contributed by atoms with E-state index in [1.54, 1.807) is 6.07 Å². The van der Waals surface area contributed by atoms with Gasteiger partial charge in [0.1, 0.15) is 18.1 Å². The van der Waals surface area contributed by atoms with Crippen LogP contribution < -0.4 is 15.8 Å². The van der Waals surface area contributed by atoms with Crippen LogP contribution in [0, 0.1) is 11.8 Å². The summed E-state index contributed by atoms with van der Waals surface area (Å²) in [6.45, 7) is 4.82. The zero-order valence-corrected chi connectivity index (χ0v) is 26.7. The number of fused-ring (bicyclic) bond motifs is 1. The molecule has 248 valence electrons. The Morgan fingerprint density at radius 2 is 2.06 bits per heavy atom. The lowest BCUT2D eigenvalue weighted by Crippen LogP contribution is -2.68. The number of pyridine rings is 1. The van der Waals surface area contributed by atoms with Gasteiger partial charge in [0.05, 0.1) is 17.0 Å². The molecule has 1 aromatic carbocycles. The summed E-state index contributed by atoms with van der Waals surface area (Å²) in [6.07, 6.45) is -0.538. The molecule has 2 aliphatic rings. The summed E-state index contributed by atoms with van der Waals surface area (Å²) >= 11 is 1.06. The molecule has 1 unspecified atom stereocenters. The molecular formula is C27H30N10O8S2. The van der Waals surface area contributed by atoms with E-state index in [-0.39, 0.29) is 29.0 Å². The fraction of sp³-hybridized carbons (Fsp3) is 0.407. The first-order chi connectivity index (χ1) is 22.4. The zero-order chi connectivity index (χ0) is 33.3. The van der Waals surface area contributed by atoms with Gasteiger partial charge in [-0.05, 0) is 63.5 Å². The van der Waals surface area contributed by atoms with Crippen LogP contribution in [-0.4, -0.2) is 91.3 Å². The van der Waals surface area contributed by atoms with Crippen molar-refractivity contribution in [3.05, 3.63) is 52.9 Å². The second-order valence-electron chi connectivity index (χ2n) is 11.5. The van der Waals surface area contributed by atoms with E-state index < -0.39 is 46.1 Å². The summed E-state index contributed by atoms with van der Waals surface area (Å²) in [4.78, 5) is 40.8. The third-order valence-corrected chi connectivity index (χ3v) is 8.88. The molecule has 0 aliphatic carbocycles. The molecule has 2 saturated heterocycles. The SMILES string of the molecule is CC1(C)C(CC(=O)/C(=N\O[C@@H](COc2ccc3nc(CC4CNC4)ccc3c2)c2nn[nH]n2)c2csc(N)n2)C(=O)N1OS(=O)(=O)O. The maximum Gasteiger partial charge on any atom is 0.418 e. The second kappa shape index (κ2) is 12.9. The summed E-state index contributed by atoms with van der Waals surface area (Å²) < 4.78 is 41.8. The zero-order valence-electron chi connectivity index (χ0n) is 25.1. The number of nitrogen functional groups attached to an aromatic ring is 1. The number of anilines is 1. The molecule has 0 bridgehead atoms. The minimum atomic E-state index is -4.96. The van der Waals surface area contributed by atoms with E-state index >= 15 is 0 Å². The quantitative estimate of drug-likeness (QED) is 0.0625. The minimum Gasteiger partial charge on any atom is -0.489 e. The van der Waals surface area contributed by atoms with Crippen molar-refractivity contribution < 1.29 is 36.4 Å². The number of hydrogen-bond acceptors (Lipinski definition) is 16. The number of β-lactam (4-membered cyclic amide) rings is 1. The number of carbonyl (C=O) groups excluding carboxylic acids is 2. The Morgan fingerprint density at radius 3 is 2.70 bits per heavy atom. The number of aromatic nitrogens is 6. The van der Waals surface area contributed by atoms with E-state index in [1.807, 2.05) is 24.3 Å². The van der Waals surface area contributed by atoms with Gasteiger partial charge in [-0.2, -0.15) is 18.7 Å². The summed E-state index contributed by atoms with van der Waals surface area (Å²) in [7, 11) is -4.96. The van der Waals surface area contributed by atoms with Gasteiger partial charge in [0.2, 0.25) is 11.9 Å². The Morgan fingerprint density at radius 1 is 1.26 bits per heavy atom. The summed E-state index contributed by atoms with van der Waals surface area (Å²) in [5.74, 6) is -1.29. The van der Waals surface area contributed by atoms with Gasteiger partial charge >= 0.3 is 10.4 Å². The molecule has 3 aromatic heterocycles. The number of rotatable bonds is 14. The van der Waals surface area contributed by atoms with Gasteiger partial charge in [-0.1, -0.05) is 16.4 Å².